The molecule has 1 fully saturated rings. The van der Waals surface area contributed by atoms with Gasteiger partial charge in [-0.25, -0.2) is 0 Å². The molecule has 6 unspecified atom stereocenters. The number of rotatable bonds is 32. The first-order valence-electron chi connectivity index (χ1n) is 19.8. The van der Waals surface area contributed by atoms with Crippen molar-refractivity contribution in [3.8, 4) is 0 Å². The molecule has 0 aliphatic carbocycles. The largest absolute Gasteiger partial charge is 0.462 e. The Morgan fingerprint density at radius 3 is 1.59 bits per heavy atom. The van der Waals surface area contributed by atoms with Crippen LogP contribution < -0.4 is 0 Å². The maximum absolute atomic E-state index is 12.7. The van der Waals surface area contributed by atoms with Crippen LogP contribution in [0.1, 0.15) is 168 Å². The number of allylic oxidation sites excluding steroid dienone is 2. The van der Waals surface area contributed by atoms with E-state index < -0.39 is 49.4 Å². The summed E-state index contributed by atoms with van der Waals surface area (Å²) in [5.74, 6) is -0.815. The second-order valence-electron chi connectivity index (χ2n) is 13.7. The summed E-state index contributed by atoms with van der Waals surface area (Å²) in [5.41, 5.74) is 0. The first kappa shape index (κ1) is 45.5. The van der Waals surface area contributed by atoms with Crippen molar-refractivity contribution in [2.75, 3.05) is 19.8 Å². The van der Waals surface area contributed by atoms with Crippen molar-refractivity contribution < 1.29 is 49.0 Å². The molecule has 49 heavy (non-hydrogen) atoms. The molecule has 1 heterocycles. The minimum atomic E-state index is -1.59. The van der Waals surface area contributed by atoms with Gasteiger partial charge in [0, 0.05) is 12.8 Å². The Bertz CT molecular complexity index is 820. The molecule has 1 saturated heterocycles. The highest BCUT2D eigenvalue weighted by Crippen LogP contribution is 2.22. The lowest BCUT2D eigenvalue weighted by Crippen LogP contribution is -2.59. The molecule has 0 bridgehead atoms. The van der Waals surface area contributed by atoms with Crippen molar-refractivity contribution in [3.05, 3.63) is 12.2 Å². The molecule has 0 aromatic carbocycles. The summed E-state index contributed by atoms with van der Waals surface area (Å²) in [4.78, 5) is 25.0. The summed E-state index contributed by atoms with van der Waals surface area (Å²) in [5, 5.41) is 39.8. The number of ether oxygens (including phenoxy) is 4. The van der Waals surface area contributed by atoms with Crippen LogP contribution in [-0.2, 0) is 28.5 Å². The Hall–Kier alpha value is -1.56. The van der Waals surface area contributed by atoms with Gasteiger partial charge in [0.2, 0.25) is 0 Å². The van der Waals surface area contributed by atoms with Gasteiger partial charge in [-0.1, -0.05) is 129 Å². The fourth-order valence-electron chi connectivity index (χ4n) is 5.95. The van der Waals surface area contributed by atoms with E-state index in [-0.39, 0.29) is 32.0 Å². The number of carbonyl (C=O) groups excluding carboxylic acids is 2. The van der Waals surface area contributed by atoms with E-state index >= 15 is 0 Å². The normalized spacial score (nSPS) is 21.6. The number of unbranched alkanes of at least 4 members (excludes halogenated alkanes) is 19. The highest BCUT2D eigenvalue weighted by atomic mass is 16.7. The van der Waals surface area contributed by atoms with Crippen molar-refractivity contribution >= 4 is 11.9 Å². The topological polar surface area (TPSA) is 152 Å². The van der Waals surface area contributed by atoms with Crippen LogP contribution >= 0.6 is 0 Å². The third kappa shape index (κ3) is 23.5. The van der Waals surface area contributed by atoms with E-state index in [2.05, 4.69) is 26.0 Å². The Balaban J connectivity index is 2.34. The first-order valence-corrected chi connectivity index (χ1v) is 19.8. The van der Waals surface area contributed by atoms with Gasteiger partial charge >= 0.3 is 11.9 Å². The molecule has 10 heteroatoms. The van der Waals surface area contributed by atoms with Gasteiger partial charge in [0.15, 0.2) is 12.4 Å². The lowest BCUT2D eigenvalue weighted by molar-refractivity contribution is -0.305. The molecule has 0 radical (unpaired) electrons. The molecule has 1 aliphatic heterocycles. The molecule has 0 spiro atoms. The van der Waals surface area contributed by atoms with Crippen LogP contribution in [-0.4, -0.2) is 89.0 Å². The lowest BCUT2D eigenvalue weighted by atomic mass is 9.99. The van der Waals surface area contributed by atoms with Crippen molar-refractivity contribution in [3.63, 3.8) is 0 Å². The van der Waals surface area contributed by atoms with Crippen LogP contribution in [0.25, 0.3) is 0 Å². The SMILES string of the molecule is CCCCCCCC/C=C\CCCCCCCCCC(=O)OC(COC(=O)CCCCCCCCC)COC1OC(CO)C(O)C(O)C1O. The van der Waals surface area contributed by atoms with Gasteiger partial charge in [-0.15, -0.1) is 0 Å². The fraction of sp³-hybridized carbons (Fsp3) is 0.897. The van der Waals surface area contributed by atoms with Crippen LogP contribution in [0.15, 0.2) is 12.2 Å². The summed E-state index contributed by atoms with van der Waals surface area (Å²) in [6, 6.07) is 0. The van der Waals surface area contributed by atoms with Gasteiger partial charge < -0.3 is 39.4 Å². The first-order chi connectivity index (χ1) is 23.8. The summed E-state index contributed by atoms with van der Waals surface area (Å²) in [6.45, 7) is 3.35. The molecule has 0 amide bonds. The fourth-order valence-corrected chi connectivity index (χ4v) is 5.95. The van der Waals surface area contributed by atoms with Gasteiger partial charge in [0.25, 0.3) is 0 Å². The highest BCUT2D eigenvalue weighted by Gasteiger charge is 2.44. The van der Waals surface area contributed by atoms with Crippen LogP contribution in [0.3, 0.4) is 0 Å². The van der Waals surface area contributed by atoms with E-state index in [0.717, 1.165) is 51.4 Å². The smallest absolute Gasteiger partial charge is 0.306 e. The summed E-state index contributed by atoms with van der Waals surface area (Å²) >= 11 is 0. The number of carbonyl (C=O) groups is 2. The number of esters is 2. The van der Waals surface area contributed by atoms with Crippen LogP contribution in [0.4, 0.5) is 0 Å². The van der Waals surface area contributed by atoms with E-state index in [0.29, 0.717) is 6.42 Å². The van der Waals surface area contributed by atoms with Crippen molar-refractivity contribution in [2.45, 2.75) is 205 Å². The number of aliphatic hydroxyl groups excluding tert-OH is 4. The Morgan fingerprint density at radius 2 is 1.08 bits per heavy atom. The van der Waals surface area contributed by atoms with Crippen molar-refractivity contribution in [2.24, 2.45) is 0 Å². The Labute approximate surface area is 297 Å². The molecule has 0 saturated carbocycles. The molecule has 0 aromatic rings. The highest BCUT2D eigenvalue weighted by molar-refractivity contribution is 5.70. The molecule has 4 N–H and O–H groups in total. The zero-order valence-electron chi connectivity index (χ0n) is 30.9. The summed E-state index contributed by atoms with van der Waals surface area (Å²) in [7, 11) is 0. The van der Waals surface area contributed by atoms with Crippen LogP contribution in [0.5, 0.6) is 0 Å². The maximum Gasteiger partial charge on any atom is 0.306 e. The molecule has 0 aromatic heterocycles. The van der Waals surface area contributed by atoms with Crippen LogP contribution in [0, 0.1) is 0 Å². The van der Waals surface area contributed by atoms with E-state index in [1.165, 1.54) is 83.5 Å². The third-order valence-electron chi connectivity index (χ3n) is 9.15. The van der Waals surface area contributed by atoms with E-state index in [9.17, 15) is 30.0 Å². The number of hydrogen-bond donors (Lipinski definition) is 4. The molecule has 288 valence electrons. The molecule has 10 nitrogen and oxygen atoms in total. The molecule has 6 atom stereocenters. The Morgan fingerprint density at radius 1 is 0.612 bits per heavy atom. The number of aliphatic hydroxyl groups is 4. The van der Waals surface area contributed by atoms with Crippen molar-refractivity contribution in [1.29, 1.82) is 0 Å². The molecule has 1 aliphatic rings. The monoisotopic (exact) mass is 701 g/mol. The van der Waals surface area contributed by atoms with E-state index in [1.54, 1.807) is 0 Å². The second kappa shape index (κ2) is 31.2. The van der Waals surface area contributed by atoms with Crippen LogP contribution in [0.2, 0.25) is 0 Å². The predicted molar refractivity (Wildman–Crippen MR) is 192 cm³/mol. The summed E-state index contributed by atoms with van der Waals surface area (Å²) < 4.78 is 22.0. The van der Waals surface area contributed by atoms with Crippen molar-refractivity contribution in [1.82, 2.24) is 0 Å². The van der Waals surface area contributed by atoms with E-state index in [1.807, 2.05) is 0 Å². The zero-order valence-corrected chi connectivity index (χ0v) is 30.9. The Kier molecular flexibility index (Phi) is 28.9. The van der Waals surface area contributed by atoms with E-state index in [4.69, 9.17) is 18.9 Å². The molecule has 1 rings (SSSR count). The second-order valence-corrected chi connectivity index (χ2v) is 13.7. The van der Waals surface area contributed by atoms with Gasteiger partial charge in [-0.2, -0.15) is 0 Å². The number of hydrogen-bond acceptors (Lipinski definition) is 10. The summed E-state index contributed by atoms with van der Waals surface area (Å²) in [6.07, 6.45) is 22.4. The average Bonchev–Trinajstić information content (AvgIpc) is 3.10. The zero-order chi connectivity index (χ0) is 36.0. The van der Waals surface area contributed by atoms with Gasteiger partial charge in [-0.05, 0) is 38.5 Å². The third-order valence-corrected chi connectivity index (χ3v) is 9.15. The van der Waals surface area contributed by atoms with Gasteiger partial charge in [-0.3, -0.25) is 9.59 Å². The minimum Gasteiger partial charge on any atom is -0.462 e. The van der Waals surface area contributed by atoms with Gasteiger partial charge in [0.05, 0.1) is 13.2 Å². The minimum absolute atomic E-state index is 0.216. The molecular weight excluding hydrogens is 628 g/mol. The average molecular weight is 701 g/mol. The quantitative estimate of drug-likeness (QED) is 0.0322. The lowest BCUT2D eigenvalue weighted by Gasteiger charge is -2.39. The maximum atomic E-state index is 12.7. The standard InChI is InChI=1S/C39H72O10/c1-3-5-7-9-11-12-13-14-15-16-17-18-19-20-22-24-26-28-35(42)48-32(30-46-34(41)27-25-23-21-10-8-6-4-2)31-47-39-38(45)37(44)36(43)33(29-40)49-39/h14-15,32-33,36-40,43-45H,3-13,16-31H2,1-2H3/b15-14-. The van der Waals surface area contributed by atoms with Gasteiger partial charge in [0.1, 0.15) is 31.0 Å². The predicted octanol–water partition coefficient (Wildman–Crippen LogP) is 7.22. The molecular formula is C39H72O10.